The number of nitrogens with zero attached hydrogens (tertiary/aromatic N) is 4. The Balaban J connectivity index is 1.74. The van der Waals surface area contributed by atoms with Gasteiger partial charge in [-0.15, -0.1) is 0 Å². The van der Waals surface area contributed by atoms with Crippen LogP contribution in [0.2, 0.25) is 0 Å². The van der Waals surface area contributed by atoms with E-state index in [1.165, 1.54) is 12.1 Å². The lowest BCUT2D eigenvalue weighted by Gasteiger charge is -2.11. The molecule has 1 amide bonds. The summed E-state index contributed by atoms with van der Waals surface area (Å²) < 4.78 is 14.9. The predicted octanol–water partition coefficient (Wildman–Crippen LogP) is 3.95. The highest BCUT2D eigenvalue weighted by atomic mass is 19.1. The summed E-state index contributed by atoms with van der Waals surface area (Å²) in [5, 5.41) is 11.2. The number of hydrogen-bond donors (Lipinski definition) is 2. The summed E-state index contributed by atoms with van der Waals surface area (Å²) in [6, 6.07) is 15.8. The highest BCUT2D eigenvalue weighted by Crippen LogP contribution is 2.23. The van der Waals surface area contributed by atoms with E-state index in [9.17, 15) is 9.18 Å². The van der Waals surface area contributed by atoms with Crippen LogP contribution < -0.4 is 10.6 Å². The Morgan fingerprint density at radius 2 is 1.81 bits per heavy atom. The van der Waals surface area contributed by atoms with Crippen molar-refractivity contribution >= 4 is 22.8 Å². The second-order valence-electron chi connectivity index (χ2n) is 7.61. The van der Waals surface area contributed by atoms with Crippen LogP contribution >= 0.6 is 0 Å². The van der Waals surface area contributed by atoms with Crippen molar-refractivity contribution in [2.24, 2.45) is 5.92 Å². The van der Waals surface area contributed by atoms with Crippen LogP contribution in [0.5, 0.6) is 0 Å². The van der Waals surface area contributed by atoms with Crippen molar-refractivity contribution in [3.63, 3.8) is 0 Å². The van der Waals surface area contributed by atoms with Gasteiger partial charge in [0.15, 0.2) is 5.65 Å². The molecule has 0 bridgehead atoms. The average molecular weight is 418 g/mol. The quantitative estimate of drug-likeness (QED) is 0.475. The second kappa shape index (κ2) is 8.91. The van der Waals surface area contributed by atoms with Crippen LogP contribution in [0, 0.1) is 11.7 Å². The van der Waals surface area contributed by atoms with Gasteiger partial charge < -0.3 is 10.6 Å². The Labute approximate surface area is 179 Å². The van der Waals surface area contributed by atoms with Gasteiger partial charge in [0.2, 0.25) is 5.82 Å². The molecule has 0 fully saturated rings. The molecule has 2 heterocycles. The third-order valence-corrected chi connectivity index (χ3v) is 4.68. The van der Waals surface area contributed by atoms with Crippen molar-refractivity contribution in [1.82, 2.24) is 25.1 Å². The zero-order valence-electron chi connectivity index (χ0n) is 17.3. The highest BCUT2D eigenvalue weighted by Gasteiger charge is 2.18. The molecule has 4 rings (SSSR count). The molecular formula is C23H23FN6O. The topological polar surface area (TPSA) is 84.7 Å². The van der Waals surface area contributed by atoms with Crippen LogP contribution in [0.15, 0.2) is 60.8 Å². The van der Waals surface area contributed by atoms with Crippen LogP contribution in [0.4, 0.5) is 10.2 Å². The number of carbonyl (C=O) groups excluding carboxylic acids is 1. The van der Waals surface area contributed by atoms with Gasteiger partial charge in [-0.25, -0.2) is 19.0 Å². The standard InChI is InChI=1S/C23H23FN6O/c1-15(2)12-26-23(31)21-28-20(25-13-16-6-4-3-5-7-16)19-14-27-30(22(19)29-21)18-10-8-17(24)9-11-18/h3-11,14-15H,12-13H2,1-2H3,(H,26,31)(H,25,28,29). The number of carbonyl (C=O) groups is 1. The first-order valence-corrected chi connectivity index (χ1v) is 10.1. The van der Waals surface area contributed by atoms with E-state index in [4.69, 9.17) is 0 Å². The molecule has 0 saturated heterocycles. The van der Waals surface area contributed by atoms with Crippen LogP contribution in [0.25, 0.3) is 16.7 Å². The molecule has 31 heavy (non-hydrogen) atoms. The molecule has 0 aliphatic rings. The first-order valence-electron chi connectivity index (χ1n) is 10.1. The molecule has 2 aromatic heterocycles. The smallest absolute Gasteiger partial charge is 0.289 e. The van der Waals surface area contributed by atoms with Gasteiger partial charge >= 0.3 is 0 Å². The van der Waals surface area contributed by atoms with E-state index in [1.54, 1.807) is 23.0 Å². The first-order chi connectivity index (χ1) is 15.0. The van der Waals surface area contributed by atoms with E-state index in [2.05, 4.69) is 25.7 Å². The van der Waals surface area contributed by atoms with E-state index >= 15 is 0 Å². The zero-order valence-corrected chi connectivity index (χ0v) is 17.3. The van der Waals surface area contributed by atoms with Gasteiger partial charge in [-0.3, -0.25) is 4.79 Å². The van der Waals surface area contributed by atoms with Crippen LogP contribution in [0.1, 0.15) is 30.0 Å². The molecule has 0 spiro atoms. The normalized spacial score (nSPS) is 11.1. The van der Waals surface area contributed by atoms with E-state index < -0.39 is 0 Å². The molecular weight excluding hydrogens is 395 g/mol. The minimum absolute atomic E-state index is 0.0487. The Hall–Kier alpha value is -3.81. The minimum atomic E-state index is -0.356. The van der Waals surface area contributed by atoms with Crippen LogP contribution in [-0.4, -0.2) is 32.2 Å². The summed E-state index contributed by atoms with van der Waals surface area (Å²) in [6.07, 6.45) is 1.64. The number of fused-ring (bicyclic) bond motifs is 1. The van der Waals surface area contributed by atoms with Crippen molar-refractivity contribution in [3.8, 4) is 5.69 Å². The second-order valence-corrected chi connectivity index (χ2v) is 7.61. The van der Waals surface area contributed by atoms with Crippen LogP contribution in [-0.2, 0) is 6.54 Å². The van der Waals surface area contributed by atoms with Crippen molar-refractivity contribution in [2.75, 3.05) is 11.9 Å². The first kappa shape index (κ1) is 20.5. The fourth-order valence-electron chi connectivity index (χ4n) is 3.07. The van der Waals surface area contributed by atoms with Gasteiger partial charge in [-0.1, -0.05) is 44.2 Å². The molecule has 158 valence electrons. The maximum absolute atomic E-state index is 13.4. The number of halogens is 1. The van der Waals surface area contributed by atoms with Crippen molar-refractivity contribution in [2.45, 2.75) is 20.4 Å². The minimum Gasteiger partial charge on any atom is -0.365 e. The lowest BCUT2D eigenvalue weighted by molar-refractivity contribution is 0.0939. The molecule has 0 unspecified atom stereocenters. The molecule has 0 saturated carbocycles. The summed E-state index contributed by atoms with van der Waals surface area (Å²) >= 11 is 0. The maximum atomic E-state index is 13.4. The Morgan fingerprint density at radius 1 is 1.06 bits per heavy atom. The Kier molecular flexibility index (Phi) is 5.88. The van der Waals surface area contributed by atoms with Gasteiger partial charge in [-0.2, -0.15) is 5.10 Å². The van der Waals surface area contributed by atoms with E-state index in [0.717, 1.165) is 5.56 Å². The largest absolute Gasteiger partial charge is 0.365 e. The van der Waals surface area contributed by atoms with Crippen molar-refractivity contribution in [3.05, 3.63) is 78.0 Å². The molecule has 7 nitrogen and oxygen atoms in total. The zero-order chi connectivity index (χ0) is 21.8. The van der Waals surface area contributed by atoms with Gasteiger partial charge in [0.25, 0.3) is 5.91 Å². The van der Waals surface area contributed by atoms with E-state index in [0.29, 0.717) is 41.5 Å². The number of amides is 1. The third-order valence-electron chi connectivity index (χ3n) is 4.68. The summed E-state index contributed by atoms with van der Waals surface area (Å²) in [5.41, 5.74) is 2.18. The van der Waals surface area contributed by atoms with Crippen LogP contribution in [0.3, 0.4) is 0 Å². The average Bonchev–Trinajstić information content (AvgIpc) is 3.21. The van der Waals surface area contributed by atoms with Gasteiger partial charge in [0.1, 0.15) is 11.6 Å². The van der Waals surface area contributed by atoms with Crippen molar-refractivity contribution < 1.29 is 9.18 Å². The molecule has 0 atom stereocenters. The van der Waals surface area contributed by atoms with E-state index in [1.807, 2.05) is 44.2 Å². The fraction of sp³-hybridized carbons (Fsp3) is 0.217. The molecule has 2 N–H and O–H groups in total. The van der Waals surface area contributed by atoms with Gasteiger partial charge in [0.05, 0.1) is 17.3 Å². The summed E-state index contributed by atoms with van der Waals surface area (Å²) in [5.74, 6) is 0.164. The fourth-order valence-corrected chi connectivity index (χ4v) is 3.07. The molecule has 4 aromatic rings. The number of benzene rings is 2. The number of rotatable bonds is 7. The predicted molar refractivity (Wildman–Crippen MR) is 118 cm³/mol. The highest BCUT2D eigenvalue weighted by molar-refractivity contribution is 5.95. The molecule has 0 radical (unpaired) electrons. The lowest BCUT2D eigenvalue weighted by atomic mass is 10.2. The van der Waals surface area contributed by atoms with Gasteiger partial charge in [-0.05, 0) is 35.7 Å². The Morgan fingerprint density at radius 3 is 2.52 bits per heavy atom. The SMILES string of the molecule is CC(C)CNC(=O)c1nc(NCc2ccccc2)c2cnn(-c3ccc(F)cc3)c2n1. The summed E-state index contributed by atoms with van der Waals surface area (Å²) in [7, 11) is 0. The molecule has 8 heteroatoms. The third kappa shape index (κ3) is 4.69. The number of nitrogens with one attached hydrogen (secondary N) is 2. The summed E-state index contributed by atoms with van der Waals surface area (Å²) in [6.45, 7) is 5.08. The van der Waals surface area contributed by atoms with E-state index in [-0.39, 0.29) is 17.5 Å². The van der Waals surface area contributed by atoms with Gasteiger partial charge in [0, 0.05) is 13.1 Å². The molecule has 2 aromatic carbocycles. The lowest BCUT2D eigenvalue weighted by Crippen LogP contribution is -2.29. The molecule has 0 aliphatic heterocycles. The number of hydrogen-bond acceptors (Lipinski definition) is 5. The van der Waals surface area contributed by atoms with Crippen molar-refractivity contribution in [1.29, 1.82) is 0 Å². The number of anilines is 1. The summed E-state index contributed by atoms with van der Waals surface area (Å²) in [4.78, 5) is 21.6. The number of aromatic nitrogens is 4. The Bertz CT molecular complexity index is 1190. The monoisotopic (exact) mass is 418 g/mol. The molecule has 0 aliphatic carbocycles. The maximum Gasteiger partial charge on any atom is 0.289 e.